The number of nitrogens with zero attached hydrogens (tertiary/aromatic N) is 2. The van der Waals surface area contributed by atoms with Crippen LogP contribution in [0.25, 0.3) is 0 Å². The molecule has 0 aliphatic heterocycles. The molecule has 2 atom stereocenters. The van der Waals surface area contributed by atoms with E-state index in [9.17, 15) is 18.0 Å². The second kappa shape index (κ2) is 5.34. The molecule has 1 fully saturated rings. The van der Waals surface area contributed by atoms with Crippen molar-refractivity contribution in [2.24, 2.45) is 18.9 Å². The van der Waals surface area contributed by atoms with Gasteiger partial charge in [0.1, 0.15) is 0 Å². The molecule has 0 bridgehead atoms. The van der Waals surface area contributed by atoms with Gasteiger partial charge >= 0.3 is 12.2 Å². The highest BCUT2D eigenvalue weighted by Gasteiger charge is 2.55. The molecule has 1 saturated carbocycles. The molecular weight excluding hydrogens is 273 g/mol. The van der Waals surface area contributed by atoms with Crippen LogP contribution in [0.15, 0.2) is 6.20 Å². The Balaban J connectivity index is 1.79. The summed E-state index contributed by atoms with van der Waals surface area (Å²) in [6.07, 6.45) is -1.73. The van der Waals surface area contributed by atoms with E-state index in [1.807, 2.05) is 6.92 Å². The highest BCUT2D eigenvalue weighted by molar-refractivity contribution is 5.89. The van der Waals surface area contributed by atoms with E-state index in [2.05, 4.69) is 15.7 Å². The number of carbonyl (C=O) groups is 1. The summed E-state index contributed by atoms with van der Waals surface area (Å²) in [5.74, 6) is -1.77. The first-order valence-electron chi connectivity index (χ1n) is 6.45. The van der Waals surface area contributed by atoms with E-state index >= 15 is 0 Å². The standard InChI is InChI=1S/C12H17F3N4O/c1-3-9-10(6-19(2)18-9)17-11(20)16-5-7-4-8(7)12(13,14)15/h6-8H,3-5H2,1-2H3,(H2,16,17,20)/t7-,8+/m0/s1. The van der Waals surface area contributed by atoms with Crippen LogP contribution in [0, 0.1) is 11.8 Å². The number of aryl methyl sites for hydroxylation is 2. The molecule has 1 aliphatic rings. The highest BCUT2D eigenvalue weighted by Crippen LogP contribution is 2.49. The van der Waals surface area contributed by atoms with E-state index in [4.69, 9.17) is 0 Å². The minimum Gasteiger partial charge on any atom is -0.338 e. The quantitative estimate of drug-likeness (QED) is 0.894. The Morgan fingerprint density at radius 1 is 1.55 bits per heavy atom. The number of halogens is 3. The zero-order chi connectivity index (χ0) is 14.9. The van der Waals surface area contributed by atoms with Gasteiger partial charge in [-0.05, 0) is 18.8 Å². The molecule has 5 nitrogen and oxygen atoms in total. The summed E-state index contributed by atoms with van der Waals surface area (Å²) in [4.78, 5) is 11.6. The van der Waals surface area contributed by atoms with E-state index in [-0.39, 0.29) is 13.0 Å². The maximum Gasteiger partial charge on any atom is 0.392 e. The maximum absolute atomic E-state index is 12.3. The van der Waals surface area contributed by atoms with Crippen molar-refractivity contribution in [2.75, 3.05) is 11.9 Å². The number of urea groups is 1. The zero-order valence-corrected chi connectivity index (χ0v) is 11.3. The average molecular weight is 290 g/mol. The van der Waals surface area contributed by atoms with Gasteiger partial charge in [0.2, 0.25) is 0 Å². The van der Waals surface area contributed by atoms with Gasteiger partial charge in [0.25, 0.3) is 0 Å². The fourth-order valence-electron chi connectivity index (χ4n) is 2.16. The fourth-order valence-corrected chi connectivity index (χ4v) is 2.16. The third-order valence-corrected chi connectivity index (χ3v) is 3.36. The number of rotatable bonds is 4. The van der Waals surface area contributed by atoms with Crippen molar-refractivity contribution in [3.05, 3.63) is 11.9 Å². The number of nitrogens with one attached hydrogen (secondary N) is 2. The van der Waals surface area contributed by atoms with Crippen LogP contribution in [0.2, 0.25) is 0 Å². The summed E-state index contributed by atoms with van der Waals surface area (Å²) in [5.41, 5.74) is 1.32. The normalized spacial score (nSPS) is 21.6. The van der Waals surface area contributed by atoms with Crippen LogP contribution < -0.4 is 10.6 Å². The van der Waals surface area contributed by atoms with Crippen molar-refractivity contribution >= 4 is 11.7 Å². The van der Waals surface area contributed by atoms with Crippen molar-refractivity contribution in [2.45, 2.75) is 25.9 Å². The van der Waals surface area contributed by atoms with E-state index in [0.29, 0.717) is 12.1 Å². The molecule has 0 aromatic carbocycles. The molecule has 8 heteroatoms. The molecule has 2 rings (SSSR count). The van der Waals surface area contributed by atoms with Gasteiger partial charge in [-0.2, -0.15) is 18.3 Å². The highest BCUT2D eigenvalue weighted by atomic mass is 19.4. The number of aromatic nitrogens is 2. The smallest absolute Gasteiger partial charge is 0.338 e. The van der Waals surface area contributed by atoms with Gasteiger partial charge in [-0.3, -0.25) is 4.68 Å². The molecule has 1 heterocycles. The van der Waals surface area contributed by atoms with E-state index < -0.39 is 24.0 Å². The monoisotopic (exact) mass is 290 g/mol. The number of alkyl halides is 3. The van der Waals surface area contributed by atoms with Gasteiger partial charge in [-0.1, -0.05) is 6.92 Å². The molecule has 0 spiro atoms. The Morgan fingerprint density at radius 2 is 2.25 bits per heavy atom. The van der Waals surface area contributed by atoms with Gasteiger partial charge in [-0.15, -0.1) is 0 Å². The van der Waals surface area contributed by atoms with Crippen LogP contribution in [-0.4, -0.2) is 28.5 Å². The van der Waals surface area contributed by atoms with Crippen LogP contribution in [0.1, 0.15) is 19.0 Å². The van der Waals surface area contributed by atoms with Gasteiger partial charge in [0.05, 0.1) is 17.3 Å². The number of hydrogen-bond acceptors (Lipinski definition) is 2. The largest absolute Gasteiger partial charge is 0.392 e. The van der Waals surface area contributed by atoms with E-state index in [1.54, 1.807) is 17.9 Å². The van der Waals surface area contributed by atoms with Gasteiger partial charge in [-0.25, -0.2) is 4.79 Å². The Hall–Kier alpha value is -1.73. The molecule has 2 N–H and O–H groups in total. The van der Waals surface area contributed by atoms with Gasteiger partial charge in [0.15, 0.2) is 0 Å². The van der Waals surface area contributed by atoms with Crippen LogP contribution in [-0.2, 0) is 13.5 Å². The van der Waals surface area contributed by atoms with Crippen LogP contribution in [0.4, 0.5) is 23.7 Å². The summed E-state index contributed by atoms with van der Waals surface area (Å²) < 4.78 is 38.6. The maximum atomic E-state index is 12.3. The lowest BCUT2D eigenvalue weighted by atomic mass is 10.3. The van der Waals surface area contributed by atoms with Crippen molar-refractivity contribution < 1.29 is 18.0 Å². The number of carbonyl (C=O) groups excluding carboxylic acids is 1. The molecule has 0 unspecified atom stereocenters. The summed E-state index contributed by atoms with van der Waals surface area (Å²) in [7, 11) is 1.74. The Bertz CT molecular complexity index is 497. The molecule has 2 amide bonds. The number of amides is 2. The first-order chi connectivity index (χ1) is 9.31. The zero-order valence-electron chi connectivity index (χ0n) is 11.3. The molecule has 1 aromatic heterocycles. The summed E-state index contributed by atoms with van der Waals surface area (Å²) in [5, 5.41) is 9.23. The van der Waals surface area contributed by atoms with Crippen molar-refractivity contribution in [3.8, 4) is 0 Å². The first-order valence-corrected chi connectivity index (χ1v) is 6.45. The number of anilines is 1. The Morgan fingerprint density at radius 3 is 2.80 bits per heavy atom. The van der Waals surface area contributed by atoms with Crippen LogP contribution >= 0.6 is 0 Å². The van der Waals surface area contributed by atoms with Crippen LogP contribution in [0.5, 0.6) is 0 Å². The van der Waals surface area contributed by atoms with Crippen molar-refractivity contribution in [1.82, 2.24) is 15.1 Å². The second-order valence-corrected chi connectivity index (χ2v) is 5.00. The third-order valence-electron chi connectivity index (χ3n) is 3.36. The topological polar surface area (TPSA) is 59.0 Å². The second-order valence-electron chi connectivity index (χ2n) is 5.00. The molecule has 1 aromatic rings. The summed E-state index contributed by atoms with van der Waals surface area (Å²) in [6, 6.07) is -0.500. The van der Waals surface area contributed by atoms with Crippen molar-refractivity contribution in [1.29, 1.82) is 0 Å². The van der Waals surface area contributed by atoms with Crippen LogP contribution in [0.3, 0.4) is 0 Å². The molecule has 0 radical (unpaired) electrons. The average Bonchev–Trinajstić information content (AvgIpc) is 3.05. The van der Waals surface area contributed by atoms with Gasteiger partial charge < -0.3 is 10.6 Å². The minimum absolute atomic E-state index is 0.0394. The molecule has 112 valence electrons. The Kier molecular flexibility index (Phi) is 3.92. The summed E-state index contributed by atoms with van der Waals surface area (Å²) >= 11 is 0. The Labute approximate surface area is 114 Å². The molecule has 0 saturated heterocycles. The molecule has 1 aliphatic carbocycles. The fraction of sp³-hybridized carbons (Fsp3) is 0.667. The third kappa shape index (κ3) is 3.43. The lowest BCUT2D eigenvalue weighted by Gasteiger charge is -2.08. The lowest BCUT2D eigenvalue weighted by Crippen LogP contribution is -2.31. The minimum atomic E-state index is -4.15. The number of hydrogen-bond donors (Lipinski definition) is 2. The molecular formula is C12H17F3N4O. The first kappa shape index (κ1) is 14.7. The predicted molar refractivity (Wildman–Crippen MR) is 67.3 cm³/mol. The summed E-state index contributed by atoms with van der Waals surface area (Å²) in [6.45, 7) is 1.95. The van der Waals surface area contributed by atoms with Crippen molar-refractivity contribution in [3.63, 3.8) is 0 Å². The lowest BCUT2D eigenvalue weighted by molar-refractivity contribution is -0.150. The van der Waals surface area contributed by atoms with E-state index in [1.165, 1.54) is 0 Å². The molecule has 20 heavy (non-hydrogen) atoms. The van der Waals surface area contributed by atoms with E-state index in [0.717, 1.165) is 5.69 Å². The SMILES string of the molecule is CCc1nn(C)cc1NC(=O)NC[C@@H]1C[C@H]1C(F)(F)F. The predicted octanol–water partition coefficient (Wildman–Crippen LogP) is 2.30. The van der Waals surface area contributed by atoms with Gasteiger partial charge in [0, 0.05) is 19.8 Å².